The van der Waals surface area contributed by atoms with Crippen molar-refractivity contribution >= 4 is 47.3 Å². The van der Waals surface area contributed by atoms with Crippen molar-refractivity contribution in [2.24, 2.45) is 21.5 Å². The van der Waals surface area contributed by atoms with Crippen molar-refractivity contribution in [1.82, 2.24) is 11.0 Å². The van der Waals surface area contributed by atoms with E-state index in [2.05, 4.69) is 26.3 Å². The minimum Gasteiger partial charge on any atom is -0.368 e. The number of carbonyl (C=O) groups is 1. The molecule has 38 heavy (non-hydrogen) atoms. The molecule has 7 N–H and O–H groups in total. The van der Waals surface area contributed by atoms with Crippen molar-refractivity contribution in [3.8, 4) is 0 Å². The number of nitrogens with one attached hydrogen (secondary N) is 3. The van der Waals surface area contributed by atoms with Crippen molar-refractivity contribution in [2.75, 3.05) is 18.5 Å². The van der Waals surface area contributed by atoms with Crippen molar-refractivity contribution in [2.45, 2.75) is 51.1 Å². The minimum atomic E-state index is -0.334. The van der Waals surface area contributed by atoms with Gasteiger partial charge in [-0.1, -0.05) is 0 Å². The maximum Gasteiger partial charge on any atom is 0.255 e. The van der Waals surface area contributed by atoms with Gasteiger partial charge in [0.15, 0.2) is 12.6 Å². The van der Waals surface area contributed by atoms with E-state index in [-0.39, 0.29) is 42.8 Å². The predicted molar refractivity (Wildman–Crippen MR) is 146 cm³/mol. The molecule has 2 fully saturated rings. The van der Waals surface area contributed by atoms with Gasteiger partial charge in [-0.25, -0.2) is 30.6 Å². The van der Waals surface area contributed by atoms with E-state index in [0.717, 1.165) is 38.5 Å². The zero-order chi connectivity index (χ0) is 25.9. The van der Waals surface area contributed by atoms with Crippen LogP contribution in [0.4, 0.5) is 17.1 Å². The highest BCUT2D eigenvalue weighted by Gasteiger charge is 2.15. The van der Waals surface area contributed by atoms with E-state index >= 15 is 0 Å². The fourth-order valence-electron chi connectivity index (χ4n) is 3.69. The Kier molecular flexibility index (Phi) is 11.6. The Morgan fingerprint density at radius 1 is 0.763 bits per heavy atom. The second kappa shape index (κ2) is 15.1. The predicted octanol–water partition coefficient (Wildman–Crippen LogP) is 3.35. The first-order chi connectivity index (χ1) is 18.0. The number of nitrogens with two attached hydrogens (primary N) is 2. The van der Waals surface area contributed by atoms with E-state index in [1.54, 1.807) is 48.5 Å². The number of hydroxylamine groups is 2. The zero-order valence-electron chi connectivity index (χ0n) is 20.9. The number of amides is 1. The zero-order valence-corrected chi connectivity index (χ0v) is 21.7. The van der Waals surface area contributed by atoms with E-state index < -0.39 is 0 Å². The van der Waals surface area contributed by atoms with Gasteiger partial charge in [0.25, 0.3) is 5.91 Å². The third kappa shape index (κ3) is 9.47. The number of benzene rings is 2. The Labute approximate surface area is 227 Å². The molecule has 2 atom stereocenters. The Balaban J connectivity index is 0.00000400. The summed E-state index contributed by atoms with van der Waals surface area (Å²) in [5.74, 6) is -0.0602. The Bertz CT molecular complexity index is 1070. The minimum absolute atomic E-state index is 0. The van der Waals surface area contributed by atoms with E-state index in [9.17, 15) is 4.79 Å². The molecule has 0 radical (unpaired) electrons. The third-order valence-corrected chi connectivity index (χ3v) is 5.62. The van der Waals surface area contributed by atoms with Crippen molar-refractivity contribution in [3.63, 3.8) is 0 Å². The van der Waals surface area contributed by atoms with E-state index in [1.165, 1.54) is 0 Å². The summed E-state index contributed by atoms with van der Waals surface area (Å²) in [6.07, 6.45) is 5.10. The van der Waals surface area contributed by atoms with E-state index in [1.807, 2.05) is 0 Å². The number of rotatable bonds is 8. The van der Waals surface area contributed by atoms with Gasteiger partial charge in [0.2, 0.25) is 11.9 Å². The van der Waals surface area contributed by atoms with Crippen molar-refractivity contribution < 1.29 is 23.9 Å². The molecular weight excluding hydrogens is 514 g/mol. The van der Waals surface area contributed by atoms with Crippen LogP contribution in [0, 0.1) is 0 Å². The van der Waals surface area contributed by atoms with Gasteiger partial charge >= 0.3 is 0 Å². The summed E-state index contributed by atoms with van der Waals surface area (Å²) >= 11 is 0. The van der Waals surface area contributed by atoms with E-state index in [0.29, 0.717) is 35.8 Å². The van der Waals surface area contributed by atoms with Gasteiger partial charge in [-0.3, -0.25) is 4.79 Å². The number of anilines is 1. The highest BCUT2D eigenvalue weighted by molar-refractivity contribution is 6.04. The Morgan fingerprint density at radius 3 is 1.68 bits per heavy atom. The average Bonchev–Trinajstić information content (AvgIpc) is 2.93. The number of hydrogen-bond donors (Lipinski definition) is 5. The molecule has 2 heterocycles. The van der Waals surface area contributed by atoms with E-state index in [4.69, 9.17) is 30.6 Å². The molecule has 0 saturated carbocycles. The summed E-state index contributed by atoms with van der Waals surface area (Å²) in [7, 11) is 0. The molecule has 4 rings (SSSR count). The molecule has 2 aliphatic heterocycles. The van der Waals surface area contributed by atoms with Gasteiger partial charge < -0.3 is 26.3 Å². The fourth-order valence-corrected chi connectivity index (χ4v) is 3.69. The molecule has 2 saturated heterocycles. The van der Waals surface area contributed by atoms with Gasteiger partial charge in [0.1, 0.15) is 0 Å². The molecule has 0 spiro atoms. The van der Waals surface area contributed by atoms with Crippen LogP contribution in [0.15, 0.2) is 58.5 Å². The van der Waals surface area contributed by atoms with Gasteiger partial charge in [-0.15, -0.1) is 12.4 Å². The summed E-state index contributed by atoms with van der Waals surface area (Å²) in [4.78, 5) is 31.9. The Morgan fingerprint density at radius 2 is 1.24 bits per heavy atom. The quantitative estimate of drug-likeness (QED) is 0.189. The van der Waals surface area contributed by atoms with Crippen LogP contribution < -0.4 is 27.7 Å². The molecule has 0 aromatic heterocycles. The third-order valence-electron chi connectivity index (χ3n) is 5.62. The lowest BCUT2D eigenvalue weighted by atomic mass is 10.2. The molecular formula is C25H34ClN7O5. The van der Waals surface area contributed by atoms with Gasteiger partial charge in [0, 0.05) is 37.3 Å². The van der Waals surface area contributed by atoms with Crippen LogP contribution in [0.1, 0.15) is 48.9 Å². The largest absolute Gasteiger partial charge is 0.368 e. The molecule has 2 unspecified atom stereocenters. The monoisotopic (exact) mass is 547 g/mol. The van der Waals surface area contributed by atoms with Crippen molar-refractivity contribution in [3.05, 3.63) is 54.1 Å². The number of nitrogens with zero attached hydrogens (tertiary/aromatic N) is 2. The van der Waals surface area contributed by atoms with Crippen LogP contribution in [0.5, 0.6) is 0 Å². The molecule has 2 aliphatic rings. The summed E-state index contributed by atoms with van der Waals surface area (Å²) in [5.41, 5.74) is 19.2. The lowest BCUT2D eigenvalue weighted by Gasteiger charge is -2.22. The van der Waals surface area contributed by atoms with Crippen LogP contribution >= 0.6 is 12.4 Å². The van der Waals surface area contributed by atoms with Gasteiger partial charge in [-0.05, 0) is 74.2 Å². The first-order valence-corrected chi connectivity index (χ1v) is 12.3. The van der Waals surface area contributed by atoms with Gasteiger partial charge in [-0.2, -0.15) is 0 Å². The fraction of sp³-hybridized carbons (Fsp3) is 0.400. The molecule has 12 nitrogen and oxygen atoms in total. The number of guanidine groups is 2. The second-order valence-electron chi connectivity index (χ2n) is 8.57. The number of carbonyl (C=O) groups excluding carboxylic acids is 1. The summed E-state index contributed by atoms with van der Waals surface area (Å²) in [5, 5.41) is 2.84. The molecule has 1 amide bonds. The lowest BCUT2D eigenvalue weighted by Crippen LogP contribution is -2.37. The lowest BCUT2D eigenvalue weighted by molar-refractivity contribution is -0.183. The van der Waals surface area contributed by atoms with Crippen LogP contribution in [-0.4, -0.2) is 43.6 Å². The molecule has 0 bridgehead atoms. The molecule has 0 aliphatic carbocycles. The topological polar surface area (TPSA) is 167 Å². The Hall–Kier alpha value is -3.42. The van der Waals surface area contributed by atoms with Crippen molar-refractivity contribution in [1.29, 1.82) is 0 Å². The standard InChI is InChI=1S/C25H33N7O5.ClH/c26-24(31-36-21-5-1-3-15-34-21)29-19-9-7-17(8-10-19)23(33)28-18-11-13-20(14-12-18)30-25(27)32-37-22-6-2-4-16-35-22;/h7-14,21-22H,1-6,15-16H2,(H,28,33)(H3,26,29,31)(H3,27,30,32);1H. The first kappa shape index (κ1) is 29.1. The van der Waals surface area contributed by atoms with Crippen LogP contribution in [0.2, 0.25) is 0 Å². The smallest absolute Gasteiger partial charge is 0.255 e. The summed E-state index contributed by atoms with van der Waals surface area (Å²) < 4.78 is 10.9. The summed E-state index contributed by atoms with van der Waals surface area (Å²) in [6, 6.07) is 13.6. The molecule has 13 heteroatoms. The average molecular weight is 548 g/mol. The molecule has 206 valence electrons. The SMILES string of the molecule is Cl.NC(=Nc1ccc(NC(=O)c2ccc(N=C(N)NOC3CCCCO3)cc2)cc1)NOC1CCCCO1. The first-order valence-electron chi connectivity index (χ1n) is 12.3. The highest BCUT2D eigenvalue weighted by atomic mass is 35.5. The second-order valence-corrected chi connectivity index (χ2v) is 8.57. The number of hydrogen-bond acceptors (Lipinski definition) is 7. The normalized spacial score (nSPS) is 20.2. The maximum atomic E-state index is 12.6. The number of ether oxygens (including phenoxy) is 2. The number of halogens is 1. The summed E-state index contributed by atoms with van der Waals surface area (Å²) in [6.45, 7) is 1.34. The molecule has 2 aromatic rings. The van der Waals surface area contributed by atoms with Crippen LogP contribution in [-0.2, 0) is 19.1 Å². The van der Waals surface area contributed by atoms with Crippen LogP contribution in [0.3, 0.4) is 0 Å². The van der Waals surface area contributed by atoms with Gasteiger partial charge in [0.05, 0.1) is 11.4 Å². The van der Waals surface area contributed by atoms with Crippen LogP contribution in [0.25, 0.3) is 0 Å². The number of aliphatic imine (C=N–C) groups is 2. The molecule has 2 aromatic carbocycles. The maximum absolute atomic E-state index is 12.6. The highest BCUT2D eigenvalue weighted by Crippen LogP contribution is 2.19.